The average Bonchev–Trinajstić information content (AvgIpc) is 2.17. The maximum atomic E-state index is 10.3. The maximum Gasteiger partial charge on any atom is 0.303 e. The van der Waals surface area contributed by atoms with Crippen molar-refractivity contribution in [2.75, 3.05) is 0 Å². The number of carbonyl (C=O) groups is 4. The number of carboxylic acid groups (broad SMARTS) is 2. The monoisotopic (exact) mass is 230 g/mol. The van der Waals surface area contributed by atoms with Crippen molar-refractivity contribution >= 4 is 24.0 Å². The minimum atomic E-state index is -1.08. The number of aldehydes is 1. The standard InChI is InChI=1S/C6H8O2.C4H6O4/c1-3-6(4-7)5(2)8;5-3(6)1-2-4(7)8/h3-4,6H,1H2,2H3;1-2H2,(H,5,6)(H,7,8). The van der Waals surface area contributed by atoms with Gasteiger partial charge in [-0.05, 0) is 6.92 Å². The highest BCUT2D eigenvalue weighted by molar-refractivity contribution is 5.93. The summed E-state index contributed by atoms with van der Waals surface area (Å²) < 4.78 is 0. The van der Waals surface area contributed by atoms with Crippen molar-refractivity contribution in [2.45, 2.75) is 19.8 Å². The fourth-order valence-corrected chi connectivity index (χ4v) is 0.531. The van der Waals surface area contributed by atoms with E-state index in [1.54, 1.807) is 0 Å². The summed E-state index contributed by atoms with van der Waals surface area (Å²) in [4.78, 5) is 39.5. The highest BCUT2D eigenvalue weighted by atomic mass is 16.4. The average molecular weight is 230 g/mol. The molecular weight excluding hydrogens is 216 g/mol. The van der Waals surface area contributed by atoms with Crippen molar-refractivity contribution in [3.63, 3.8) is 0 Å². The van der Waals surface area contributed by atoms with Crippen molar-refractivity contribution in [3.05, 3.63) is 12.7 Å². The van der Waals surface area contributed by atoms with E-state index in [9.17, 15) is 19.2 Å². The summed E-state index contributed by atoms with van der Waals surface area (Å²) >= 11 is 0. The topological polar surface area (TPSA) is 109 Å². The second-order valence-corrected chi connectivity index (χ2v) is 2.80. The van der Waals surface area contributed by atoms with Crippen LogP contribution in [0.2, 0.25) is 0 Å². The van der Waals surface area contributed by atoms with E-state index in [1.807, 2.05) is 0 Å². The highest BCUT2D eigenvalue weighted by Crippen LogP contribution is 1.92. The Balaban J connectivity index is 0. The first-order valence-corrected chi connectivity index (χ1v) is 4.37. The third-order valence-corrected chi connectivity index (χ3v) is 1.42. The molecule has 0 aromatic rings. The van der Waals surface area contributed by atoms with Gasteiger partial charge in [-0.1, -0.05) is 6.08 Å². The largest absolute Gasteiger partial charge is 0.481 e. The Morgan fingerprint density at radius 3 is 1.62 bits per heavy atom. The van der Waals surface area contributed by atoms with Crippen LogP contribution < -0.4 is 0 Å². The molecule has 0 saturated heterocycles. The molecule has 0 aromatic carbocycles. The van der Waals surface area contributed by atoms with Crippen LogP contribution in [0, 0.1) is 5.92 Å². The first-order chi connectivity index (χ1) is 7.34. The van der Waals surface area contributed by atoms with Crippen LogP contribution in [0.4, 0.5) is 0 Å². The number of rotatable bonds is 6. The molecule has 16 heavy (non-hydrogen) atoms. The van der Waals surface area contributed by atoms with Gasteiger partial charge in [0, 0.05) is 0 Å². The zero-order chi connectivity index (χ0) is 13.1. The molecule has 0 radical (unpaired) electrons. The van der Waals surface area contributed by atoms with Gasteiger partial charge in [0.2, 0.25) is 0 Å². The fraction of sp³-hybridized carbons (Fsp3) is 0.400. The Kier molecular flexibility index (Phi) is 9.84. The number of hydrogen-bond donors (Lipinski definition) is 2. The molecule has 0 aliphatic carbocycles. The lowest BCUT2D eigenvalue weighted by Gasteiger charge is -1.92. The zero-order valence-corrected chi connectivity index (χ0v) is 8.88. The Bertz CT molecular complexity index is 259. The number of ketones is 1. The SMILES string of the molecule is C=CC(C=O)C(C)=O.O=C(O)CCC(=O)O. The van der Waals surface area contributed by atoms with Crippen LogP contribution in [0.25, 0.3) is 0 Å². The number of allylic oxidation sites excluding steroid dienone is 1. The first-order valence-electron chi connectivity index (χ1n) is 4.37. The number of carboxylic acids is 2. The summed E-state index contributed by atoms with van der Waals surface area (Å²) in [6, 6.07) is 0. The summed E-state index contributed by atoms with van der Waals surface area (Å²) in [5.41, 5.74) is 0. The van der Waals surface area contributed by atoms with Crippen LogP contribution in [0.5, 0.6) is 0 Å². The predicted molar refractivity (Wildman–Crippen MR) is 54.9 cm³/mol. The third-order valence-electron chi connectivity index (χ3n) is 1.42. The summed E-state index contributed by atoms with van der Waals surface area (Å²) in [6.07, 6.45) is 1.31. The number of Topliss-reactive ketones (excluding diaryl/α,β-unsaturated/α-hetero) is 1. The predicted octanol–water partition coefficient (Wildman–Crippen LogP) is 0.512. The van der Waals surface area contributed by atoms with E-state index >= 15 is 0 Å². The molecule has 0 aromatic heterocycles. The normalized spacial score (nSPS) is 10.3. The van der Waals surface area contributed by atoms with Crippen molar-refractivity contribution in [3.8, 4) is 0 Å². The van der Waals surface area contributed by atoms with E-state index < -0.39 is 17.9 Å². The Morgan fingerprint density at radius 2 is 1.56 bits per heavy atom. The van der Waals surface area contributed by atoms with Gasteiger partial charge in [-0.15, -0.1) is 6.58 Å². The molecule has 90 valence electrons. The van der Waals surface area contributed by atoms with Gasteiger partial charge in [-0.3, -0.25) is 14.4 Å². The van der Waals surface area contributed by atoms with Crippen molar-refractivity contribution in [1.29, 1.82) is 0 Å². The van der Waals surface area contributed by atoms with Gasteiger partial charge in [0.25, 0.3) is 0 Å². The summed E-state index contributed by atoms with van der Waals surface area (Å²) in [5.74, 6) is -2.91. The second kappa shape index (κ2) is 9.57. The van der Waals surface area contributed by atoms with Gasteiger partial charge in [0.1, 0.15) is 12.1 Å². The molecule has 0 aliphatic rings. The molecule has 0 bridgehead atoms. The zero-order valence-electron chi connectivity index (χ0n) is 8.88. The smallest absolute Gasteiger partial charge is 0.303 e. The minimum Gasteiger partial charge on any atom is -0.481 e. The molecular formula is C10H14O6. The summed E-state index contributed by atoms with van der Waals surface area (Å²) in [7, 11) is 0. The molecule has 6 heteroatoms. The minimum absolute atomic E-state index is 0.157. The van der Waals surface area contributed by atoms with Gasteiger partial charge >= 0.3 is 11.9 Å². The van der Waals surface area contributed by atoms with Crippen LogP contribution in [-0.4, -0.2) is 34.2 Å². The van der Waals surface area contributed by atoms with Gasteiger partial charge in [-0.25, -0.2) is 0 Å². The van der Waals surface area contributed by atoms with Gasteiger partial charge in [-0.2, -0.15) is 0 Å². The second-order valence-electron chi connectivity index (χ2n) is 2.80. The van der Waals surface area contributed by atoms with Crippen LogP contribution in [0.3, 0.4) is 0 Å². The Hall–Kier alpha value is -1.98. The lowest BCUT2D eigenvalue weighted by molar-refractivity contribution is -0.143. The van der Waals surface area contributed by atoms with E-state index in [0.29, 0.717) is 6.29 Å². The van der Waals surface area contributed by atoms with Gasteiger partial charge in [0.15, 0.2) is 0 Å². The Labute approximate surface area is 92.6 Å². The number of hydrogen-bond acceptors (Lipinski definition) is 4. The van der Waals surface area contributed by atoms with Crippen molar-refractivity contribution in [1.82, 2.24) is 0 Å². The summed E-state index contributed by atoms with van der Waals surface area (Å²) in [5, 5.41) is 15.8. The molecule has 0 heterocycles. The van der Waals surface area contributed by atoms with Crippen LogP contribution in [0.15, 0.2) is 12.7 Å². The first kappa shape index (κ1) is 16.4. The van der Waals surface area contributed by atoms with E-state index in [2.05, 4.69) is 6.58 Å². The molecule has 0 fully saturated rings. The molecule has 0 rings (SSSR count). The third kappa shape index (κ3) is 12.0. The maximum absolute atomic E-state index is 10.3. The molecule has 0 saturated carbocycles. The van der Waals surface area contributed by atoms with Crippen LogP contribution >= 0.6 is 0 Å². The quantitative estimate of drug-likeness (QED) is 0.391. The van der Waals surface area contributed by atoms with Gasteiger partial charge < -0.3 is 15.0 Å². The van der Waals surface area contributed by atoms with E-state index in [0.717, 1.165) is 0 Å². The molecule has 0 amide bonds. The van der Waals surface area contributed by atoms with Crippen LogP contribution in [0.1, 0.15) is 19.8 Å². The van der Waals surface area contributed by atoms with Crippen molar-refractivity contribution in [2.24, 2.45) is 5.92 Å². The molecule has 1 unspecified atom stereocenters. The number of aliphatic carboxylic acids is 2. The lowest BCUT2D eigenvalue weighted by Crippen LogP contribution is -2.07. The summed E-state index contributed by atoms with van der Waals surface area (Å²) in [6.45, 7) is 4.66. The van der Waals surface area contributed by atoms with Crippen molar-refractivity contribution < 1.29 is 29.4 Å². The van der Waals surface area contributed by atoms with E-state index in [-0.39, 0.29) is 18.6 Å². The molecule has 2 N–H and O–H groups in total. The molecule has 0 spiro atoms. The van der Waals surface area contributed by atoms with E-state index in [1.165, 1.54) is 13.0 Å². The Morgan fingerprint density at radius 1 is 1.19 bits per heavy atom. The molecule has 6 nitrogen and oxygen atoms in total. The molecule has 1 atom stereocenters. The van der Waals surface area contributed by atoms with Crippen LogP contribution in [-0.2, 0) is 19.2 Å². The number of carbonyl (C=O) groups excluding carboxylic acids is 2. The van der Waals surface area contributed by atoms with E-state index in [4.69, 9.17) is 10.2 Å². The lowest BCUT2D eigenvalue weighted by atomic mass is 10.1. The fourth-order valence-electron chi connectivity index (χ4n) is 0.531. The van der Waals surface area contributed by atoms with Gasteiger partial charge in [0.05, 0.1) is 18.8 Å². The highest BCUT2D eigenvalue weighted by Gasteiger charge is 2.05. The molecule has 0 aliphatic heterocycles.